The number of alkyl halides is 3. The van der Waals surface area contributed by atoms with Crippen LogP contribution in [0.1, 0.15) is 31.9 Å². The summed E-state index contributed by atoms with van der Waals surface area (Å²) >= 11 is 1.86. The van der Waals surface area contributed by atoms with E-state index >= 15 is 0 Å². The molecule has 1 aliphatic heterocycles. The van der Waals surface area contributed by atoms with Crippen molar-refractivity contribution in [1.82, 2.24) is 0 Å². The Kier molecular flexibility index (Phi) is 7.11. The zero-order valence-electron chi connectivity index (χ0n) is 14.2. The molecule has 0 aromatic heterocycles. The van der Waals surface area contributed by atoms with Crippen LogP contribution >= 0.6 is 22.6 Å². The van der Waals surface area contributed by atoms with Gasteiger partial charge < -0.3 is 19.3 Å². The average molecular weight is 474 g/mol. The SMILES string of the molecule is CC(C)[C@H]1OC[C@@H](OCc2ccc(C(F)(F)F)cc2I)[C@@H](C(C)O)O1. The highest BCUT2D eigenvalue weighted by Crippen LogP contribution is 2.31. The Morgan fingerprint density at radius 3 is 2.52 bits per heavy atom. The van der Waals surface area contributed by atoms with Crippen molar-refractivity contribution in [2.24, 2.45) is 5.92 Å². The highest BCUT2D eigenvalue weighted by Gasteiger charge is 2.37. The zero-order valence-corrected chi connectivity index (χ0v) is 16.4. The number of aliphatic hydroxyl groups excluding tert-OH is 1. The minimum Gasteiger partial charge on any atom is -0.391 e. The van der Waals surface area contributed by atoms with Crippen LogP contribution in [0.5, 0.6) is 0 Å². The molecule has 1 aliphatic rings. The maximum atomic E-state index is 12.7. The van der Waals surface area contributed by atoms with Crippen molar-refractivity contribution in [3.8, 4) is 0 Å². The van der Waals surface area contributed by atoms with Gasteiger partial charge in [-0.15, -0.1) is 0 Å². The minimum atomic E-state index is -4.37. The fraction of sp³-hybridized carbons (Fsp3) is 0.647. The molecule has 142 valence electrons. The maximum Gasteiger partial charge on any atom is 0.416 e. The van der Waals surface area contributed by atoms with Gasteiger partial charge in [-0.3, -0.25) is 0 Å². The molecule has 0 saturated carbocycles. The molecule has 0 spiro atoms. The lowest BCUT2D eigenvalue weighted by Crippen LogP contribution is -2.51. The molecule has 1 aromatic carbocycles. The van der Waals surface area contributed by atoms with E-state index in [1.54, 1.807) is 6.92 Å². The van der Waals surface area contributed by atoms with Crippen molar-refractivity contribution >= 4 is 22.6 Å². The van der Waals surface area contributed by atoms with Crippen molar-refractivity contribution in [1.29, 1.82) is 0 Å². The van der Waals surface area contributed by atoms with E-state index in [1.165, 1.54) is 6.07 Å². The van der Waals surface area contributed by atoms with Crippen LogP contribution in [-0.2, 0) is 27.0 Å². The largest absolute Gasteiger partial charge is 0.416 e. The Balaban J connectivity index is 2.02. The minimum absolute atomic E-state index is 0.114. The van der Waals surface area contributed by atoms with E-state index in [1.807, 2.05) is 36.4 Å². The molecule has 0 aliphatic carbocycles. The molecular weight excluding hydrogens is 452 g/mol. The third kappa shape index (κ3) is 5.53. The molecule has 4 atom stereocenters. The molecule has 1 heterocycles. The molecule has 4 nitrogen and oxygen atoms in total. The number of rotatable bonds is 5. The molecule has 0 bridgehead atoms. The Morgan fingerprint density at radius 2 is 2.00 bits per heavy atom. The number of hydrogen-bond donors (Lipinski definition) is 1. The highest BCUT2D eigenvalue weighted by atomic mass is 127. The van der Waals surface area contributed by atoms with Crippen LogP contribution in [0.2, 0.25) is 0 Å². The van der Waals surface area contributed by atoms with Crippen LogP contribution in [0.3, 0.4) is 0 Å². The van der Waals surface area contributed by atoms with Crippen molar-refractivity contribution in [3.05, 3.63) is 32.9 Å². The lowest BCUT2D eigenvalue weighted by atomic mass is 10.1. The van der Waals surface area contributed by atoms with Crippen molar-refractivity contribution < 1.29 is 32.5 Å². The molecule has 1 saturated heterocycles. The molecule has 0 radical (unpaired) electrons. The first-order valence-corrected chi connectivity index (χ1v) is 9.09. The van der Waals surface area contributed by atoms with Gasteiger partial charge in [-0.25, -0.2) is 0 Å². The highest BCUT2D eigenvalue weighted by molar-refractivity contribution is 14.1. The second-order valence-electron chi connectivity index (χ2n) is 6.44. The smallest absolute Gasteiger partial charge is 0.391 e. The van der Waals surface area contributed by atoms with Crippen LogP contribution < -0.4 is 0 Å². The van der Waals surface area contributed by atoms with Crippen molar-refractivity contribution in [2.45, 2.75) is 58.2 Å². The predicted octanol–water partition coefficient (Wildman–Crippen LogP) is 3.97. The summed E-state index contributed by atoms with van der Waals surface area (Å²) in [6.07, 6.45) is -6.57. The van der Waals surface area contributed by atoms with E-state index in [9.17, 15) is 18.3 Å². The van der Waals surface area contributed by atoms with Crippen LogP contribution in [0, 0.1) is 9.49 Å². The molecule has 1 unspecified atom stereocenters. The van der Waals surface area contributed by atoms with Gasteiger partial charge >= 0.3 is 6.18 Å². The summed E-state index contributed by atoms with van der Waals surface area (Å²) < 4.78 is 55.8. The van der Waals surface area contributed by atoms with E-state index in [0.29, 0.717) is 9.13 Å². The third-order valence-corrected chi connectivity index (χ3v) is 4.94. The number of aliphatic hydroxyl groups is 1. The van der Waals surface area contributed by atoms with E-state index in [0.717, 1.165) is 12.1 Å². The number of benzene rings is 1. The molecule has 8 heteroatoms. The first-order valence-electron chi connectivity index (χ1n) is 8.02. The first kappa shape index (κ1) is 20.9. The van der Waals surface area contributed by atoms with Gasteiger partial charge in [-0.05, 0) is 47.2 Å². The lowest BCUT2D eigenvalue weighted by molar-refractivity contribution is -0.291. The van der Waals surface area contributed by atoms with Crippen molar-refractivity contribution in [2.75, 3.05) is 6.61 Å². The normalized spacial score (nSPS) is 26.0. The molecule has 1 N–H and O–H groups in total. The van der Waals surface area contributed by atoms with Gasteiger partial charge in [-0.1, -0.05) is 19.9 Å². The quantitative estimate of drug-likeness (QED) is 0.657. The number of hydrogen-bond acceptors (Lipinski definition) is 4. The zero-order chi connectivity index (χ0) is 18.8. The molecule has 1 aromatic rings. The maximum absolute atomic E-state index is 12.7. The summed E-state index contributed by atoms with van der Waals surface area (Å²) in [4.78, 5) is 0. The standard InChI is InChI=1S/C17H22F3IO4/c1-9(2)16-24-8-14(15(25-16)10(3)22)23-7-11-4-5-12(6-13(11)21)17(18,19)20/h4-6,9-10,14-16,22H,7-8H2,1-3H3/t10?,14-,15-,16+/m1/s1. The number of ether oxygens (including phenoxy) is 3. The fourth-order valence-electron chi connectivity index (χ4n) is 2.52. The van der Waals surface area contributed by atoms with Crippen molar-refractivity contribution in [3.63, 3.8) is 0 Å². The van der Waals surface area contributed by atoms with E-state index in [2.05, 4.69) is 0 Å². The second-order valence-corrected chi connectivity index (χ2v) is 7.60. The summed E-state index contributed by atoms with van der Waals surface area (Å²) in [6, 6.07) is 3.53. The van der Waals surface area contributed by atoms with Crippen LogP contribution in [0.4, 0.5) is 13.2 Å². The van der Waals surface area contributed by atoms with Gasteiger partial charge in [-0.2, -0.15) is 13.2 Å². The Bertz CT molecular complexity index is 578. The molecule has 0 amide bonds. The van der Waals surface area contributed by atoms with Gasteiger partial charge in [0.2, 0.25) is 0 Å². The monoisotopic (exact) mass is 474 g/mol. The Morgan fingerprint density at radius 1 is 1.32 bits per heavy atom. The van der Waals surface area contributed by atoms with Gasteiger partial charge in [0.05, 0.1) is 24.9 Å². The molecule has 25 heavy (non-hydrogen) atoms. The first-order chi connectivity index (χ1) is 11.6. The topological polar surface area (TPSA) is 47.9 Å². The average Bonchev–Trinajstić information content (AvgIpc) is 2.52. The van der Waals surface area contributed by atoms with Crippen LogP contribution in [-0.4, -0.2) is 36.3 Å². The molecule has 1 fully saturated rings. The van der Waals surface area contributed by atoms with E-state index < -0.39 is 36.3 Å². The fourth-order valence-corrected chi connectivity index (χ4v) is 3.19. The molecular formula is C17H22F3IO4. The Hall–Kier alpha value is -0.420. The van der Waals surface area contributed by atoms with Gasteiger partial charge in [0, 0.05) is 9.49 Å². The summed E-state index contributed by atoms with van der Waals surface area (Å²) in [5.74, 6) is 0.137. The molecule has 2 rings (SSSR count). The van der Waals surface area contributed by atoms with E-state index in [4.69, 9.17) is 14.2 Å². The van der Waals surface area contributed by atoms with Gasteiger partial charge in [0.1, 0.15) is 12.2 Å². The van der Waals surface area contributed by atoms with Gasteiger partial charge in [0.15, 0.2) is 6.29 Å². The van der Waals surface area contributed by atoms with Crippen LogP contribution in [0.15, 0.2) is 18.2 Å². The number of halogens is 4. The van der Waals surface area contributed by atoms with E-state index in [-0.39, 0.29) is 19.1 Å². The van der Waals surface area contributed by atoms with Gasteiger partial charge in [0.25, 0.3) is 0 Å². The van der Waals surface area contributed by atoms with Crippen LogP contribution in [0.25, 0.3) is 0 Å². The lowest BCUT2D eigenvalue weighted by Gasteiger charge is -2.39. The third-order valence-electron chi connectivity index (χ3n) is 3.94. The second kappa shape index (κ2) is 8.51. The summed E-state index contributed by atoms with van der Waals surface area (Å²) in [5.41, 5.74) is -0.0458. The summed E-state index contributed by atoms with van der Waals surface area (Å²) in [7, 11) is 0. The summed E-state index contributed by atoms with van der Waals surface area (Å²) in [6.45, 7) is 5.90. The summed E-state index contributed by atoms with van der Waals surface area (Å²) in [5, 5.41) is 9.94. The Labute approximate surface area is 158 Å². The predicted molar refractivity (Wildman–Crippen MR) is 93.9 cm³/mol.